The highest BCUT2D eigenvalue weighted by molar-refractivity contribution is 6.28. The standard InChI is InChI=1S/C61H37NO3/c1-4-17-38(18-5-1)61(39-19-6-2-7-20-39)49-28-13-10-23-42(49)43-32-31-41(37-50(43)61)62(40-21-8-3-9-22-40)51-34-33-48-58-55(36-35-54-57(58)46-25-12-15-30-53(46)63-54)65-60(48)56(51)47-27-16-26-45-44-24-11-14-29-52(44)64-59(45)47/h1-37H. The highest BCUT2D eigenvalue weighted by atomic mass is 16.3. The molecule has 0 fully saturated rings. The molecule has 0 amide bonds. The van der Waals surface area contributed by atoms with Crippen LogP contribution in [0.25, 0.3) is 88.1 Å². The first kappa shape index (κ1) is 35.9. The van der Waals surface area contributed by atoms with Crippen molar-refractivity contribution in [1.29, 1.82) is 0 Å². The largest absolute Gasteiger partial charge is 0.456 e. The first-order chi connectivity index (χ1) is 32.3. The number of nitrogens with zero attached hydrogens (tertiary/aromatic N) is 1. The van der Waals surface area contributed by atoms with Crippen molar-refractivity contribution in [2.75, 3.05) is 4.90 Å². The SMILES string of the molecule is c1ccc(N(c2ccc3c(c2)C(c2ccccc2)(c2ccccc2)c2ccccc2-3)c2ccc3c(oc4ccc5oc6ccccc6c5c43)c2-c2cccc3c2oc2ccccc23)cc1. The van der Waals surface area contributed by atoms with Gasteiger partial charge in [-0.1, -0.05) is 164 Å². The van der Waals surface area contributed by atoms with E-state index in [-0.39, 0.29) is 0 Å². The third kappa shape index (κ3) is 5.02. The summed E-state index contributed by atoms with van der Waals surface area (Å²) in [6.45, 7) is 0. The van der Waals surface area contributed by atoms with Gasteiger partial charge in [0.25, 0.3) is 0 Å². The van der Waals surface area contributed by atoms with Gasteiger partial charge < -0.3 is 18.2 Å². The number of hydrogen-bond acceptors (Lipinski definition) is 4. The third-order valence-electron chi connectivity index (χ3n) is 13.8. The second kappa shape index (κ2) is 13.7. The van der Waals surface area contributed by atoms with Gasteiger partial charge in [-0.05, 0) is 94.0 Å². The van der Waals surface area contributed by atoms with E-state index >= 15 is 0 Å². The zero-order valence-corrected chi connectivity index (χ0v) is 35.0. The lowest BCUT2D eigenvalue weighted by atomic mass is 9.67. The van der Waals surface area contributed by atoms with Crippen LogP contribution in [0.4, 0.5) is 17.1 Å². The van der Waals surface area contributed by atoms with Gasteiger partial charge in [-0.3, -0.25) is 0 Å². The Hall–Kier alpha value is -8.60. The van der Waals surface area contributed by atoms with Crippen molar-refractivity contribution in [3.63, 3.8) is 0 Å². The predicted molar refractivity (Wildman–Crippen MR) is 266 cm³/mol. The molecule has 10 aromatic carbocycles. The van der Waals surface area contributed by atoms with Gasteiger partial charge in [0.1, 0.15) is 33.5 Å². The molecule has 0 radical (unpaired) electrons. The summed E-state index contributed by atoms with van der Waals surface area (Å²) in [4.78, 5) is 2.40. The average molecular weight is 832 g/mol. The van der Waals surface area contributed by atoms with Crippen LogP contribution < -0.4 is 4.90 Å². The fourth-order valence-corrected chi connectivity index (χ4v) is 11.1. The molecule has 304 valence electrons. The molecule has 14 rings (SSSR count). The number of rotatable bonds is 6. The monoisotopic (exact) mass is 831 g/mol. The van der Waals surface area contributed by atoms with E-state index in [2.05, 4.69) is 193 Å². The highest BCUT2D eigenvalue weighted by Gasteiger charge is 2.46. The number of benzene rings is 10. The van der Waals surface area contributed by atoms with Gasteiger partial charge >= 0.3 is 0 Å². The van der Waals surface area contributed by atoms with Gasteiger partial charge in [0.15, 0.2) is 0 Å². The summed E-state index contributed by atoms with van der Waals surface area (Å²) in [7, 11) is 0. The summed E-state index contributed by atoms with van der Waals surface area (Å²) in [6, 6.07) is 80.2. The van der Waals surface area contributed by atoms with Gasteiger partial charge in [0.05, 0.1) is 16.7 Å². The van der Waals surface area contributed by atoms with E-state index in [1.807, 2.05) is 36.4 Å². The molecule has 4 nitrogen and oxygen atoms in total. The van der Waals surface area contributed by atoms with E-state index in [0.717, 1.165) is 94.0 Å². The Bertz CT molecular complexity index is 3970. The third-order valence-corrected chi connectivity index (χ3v) is 13.8. The lowest BCUT2D eigenvalue weighted by molar-refractivity contribution is 0.662. The summed E-state index contributed by atoms with van der Waals surface area (Å²) < 4.78 is 20.5. The molecule has 0 bridgehead atoms. The number of anilines is 3. The molecule has 0 spiro atoms. The first-order valence-electron chi connectivity index (χ1n) is 22.2. The van der Waals surface area contributed by atoms with Crippen LogP contribution >= 0.6 is 0 Å². The van der Waals surface area contributed by atoms with Gasteiger partial charge in [-0.25, -0.2) is 0 Å². The maximum absolute atomic E-state index is 7.21. The van der Waals surface area contributed by atoms with E-state index in [1.165, 1.54) is 33.4 Å². The second-order valence-corrected chi connectivity index (χ2v) is 17.1. The zero-order valence-electron chi connectivity index (χ0n) is 35.0. The molecule has 0 atom stereocenters. The molecule has 0 N–H and O–H groups in total. The van der Waals surface area contributed by atoms with Crippen LogP contribution in [0.5, 0.6) is 0 Å². The maximum Gasteiger partial charge on any atom is 0.145 e. The fourth-order valence-electron chi connectivity index (χ4n) is 11.1. The van der Waals surface area contributed by atoms with Gasteiger partial charge in [0, 0.05) is 49.3 Å². The lowest BCUT2D eigenvalue weighted by Gasteiger charge is -2.35. The summed E-state index contributed by atoms with van der Waals surface area (Å²) in [5.74, 6) is 0. The zero-order chi connectivity index (χ0) is 42.6. The van der Waals surface area contributed by atoms with Crippen molar-refractivity contribution in [1.82, 2.24) is 0 Å². The smallest absolute Gasteiger partial charge is 0.145 e. The summed E-state index contributed by atoms with van der Waals surface area (Å²) in [5, 5.41) is 6.28. The Balaban J connectivity index is 1.11. The predicted octanol–water partition coefficient (Wildman–Crippen LogP) is 16.9. The van der Waals surface area contributed by atoms with E-state index in [0.29, 0.717) is 0 Å². The summed E-state index contributed by atoms with van der Waals surface area (Å²) in [5.41, 5.74) is 16.6. The molecular formula is C61H37NO3. The molecule has 0 aliphatic heterocycles. The van der Waals surface area contributed by atoms with Gasteiger partial charge in [-0.15, -0.1) is 0 Å². The van der Waals surface area contributed by atoms with Crippen LogP contribution in [-0.4, -0.2) is 0 Å². The Morgan fingerprint density at radius 2 is 0.892 bits per heavy atom. The van der Waals surface area contributed by atoms with Crippen molar-refractivity contribution >= 4 is 82.9 Å². The molecule has 65 heavy (non-hydrogen) atoms. The normalized spacial score (nSPS) is 13.0. The average Bonchev–Trinajstić information content (AvgIpc) is 4.13. The van der Waals surface area contributed by atoms with Gasteiger partial charge in [0.2, 0.25) is 0 Å². The van der Waals surface area contributed by atoms with Crippen LogP contribution in [0.3, 0.4) is 0 Å². The van der Waals surface area contributed by atoms with E-state index in [9.17, 15) is 0 Å². The molecule has 3 heterocycles. The van der Waals surface area contributed by atoms with Crippen LogP contribution in [0.15, 0.2) is 238 Å². The summed E-state index contributed by atoms with van der Waals surface area (Å²) in [6.07, 6.45) is 0. The molecule has 3 aromatic heterocycles. The number of fused-ring (bicyclic) bond motifs is 13. The number of para-hydroxylation sites is 4. The van der Waals surface area contributed by atoms with Crippen molar-refractivity contribution in [3.8, 4) is 22.3 Å². The van der Waals surface area contributed by atoms with Gasteiger partial charge in [-0.2, -0.15) is 0 Å². The fraction of sp³-hybridized carbons (Fsp3) is 0.0164. The molecule has 0 saturated heterocycles. The summed E-state index contributed by atoms with van der Waals surface area (Å²) >= 11 is 0. The minimum absolute atomic E-state index is 0.572. The minimum Gasteiger partial charge on any atom is -0.456 e. The maximum atomic E-state index is 7.21. The number of furan rings is 3. The van der Waals surface area contributed by atoms with Crippen LogP contribution in [-0.2, 0) is 5.41 Å². The first-order valence-corrected chi connectivity index (χ1v) is 22.2. The van der Waals surface area contributed by atoms with Crippen LogP contribution in [0, 0.1) is 0 Å². The van der Waals surface area contributed by atoms with Crippen LogP contribution in [0.2, 0.25) is 0 Å². The Kier molecular flexibility index (Phi) is 7.57. The Labute approximate surface area is 373 Å². The molecule has 1 aliphatic carbocycles. The number of hydrogen-bond donors (Lipinski definition) is 0. The molecule has 4 heteroatoms. The van der Waals surface area contributed by atoms with Crippen molar-refractivity contribution in [2.45, 2.75) is 5.41 Å². The minimum atomic E-state index is -0.572. The molecule has 13 aromatic rings. The van der Waals surface area contributed by atoms with Crippen molar-refractivity contribution in [3.05, 3.63) is 247 Å². The highest BCUT2D eigenvalue weighted by Crippen LogP contribution is 2.58. The second-order valence-electron chi connectivity index (χ2n) is 17.1. The van der Waals surface area contributed by atoms with Crippen molar-refractivity contribution < 1.29 is 13.3 Å². The topological polar surface area (TPSA) is 42.7 Å². The Morgan fingerprint density at radius 1 is 0.323 bits per heavy atom. The molecule has 0 saturated carbocycles. The van der Waals surface area contributed by atoms with E-state index < -0.39 is 5.41 Å². The molecule has 1 aliphatic rings. The Morgan fingerprint density at radius 3 is 1.66 bits per heavy atom. The lowest BCUT2D eigenvalue weighted by Crippen LogP contribution is -2.28. The van der Waals surface area contributed by atoms with Crippen molar-refractivity contribution in [2.24, 2.45) is 0 Å². The molecular weight excluding hydrogens is 795 g/mol. The quantitative estimate of drug-likeness (QED) is 0.167. The van der Waals surface area contributed by atoms with Crippen LogP contribution in [0.1, 0.15) is 22.3 Å². The molecule has 0 unspecified atom stereocenters. The van der Waals surface area contributed by atoms with E-state index in [4.69, 9.17) is 13.3 Å². The van der Waals surface area contributed by atoms with E-state index in [1.54, 1.807) is 0 Å².